The standard InChI is InChI=1S/C25H23Cl3N2O2/c26-25(27,28)14-17-13-16(11-12-30(17)24(31)32)22-18-6-2-1-5-15(18)9-10-20-19-7-3-4-8-21(19)29-23(20)22/h1-8,17,29H,9-14H2,(H,31,32). The van der Waals surface area contributed by atoms with Gasteiger partial charge in [-0.05, 0) is 48.4 Å². The molecule has 1 fully saturated rings. The van der Waals surface area contributed by atoms with Crippen LogP contribution in [0.5, 0.6) is 0 Å². The topological polar surface area (TPSA) is 56.3 Å². The second kappa shape index (κ2) is 8.33. The third-order valence-electron chi connectivity index (χ3n) is 6.64. The summed E-state index contributed by atoms with van der Waals surface area (Å²) in [6.45, 7) is 0.386. The van der Waals surface area contributed by atoms with Gasteiger partial charge in [0.25, 0.3) is 0 Å². The quantitative estimate of drug-likeness (QED) is 0.363. The van der Waals surface area contributed by atoms with Crippen molar-refractivity contribution in [2.45, 2.75) is 41.9 Å². The van der Waals surface area contributed by atoms with Gasteiger partial charge in [-0.2, -0.15) is 0 Å². The van der Waals surface area contributed by atoms with Gasteiger partial charge in [0.1, 0.15) is 0 Å². The van der Waals surface area contributed by atoms with Gasteiger partial charge in [-0.25, -0.2) is 4.79 Å². The van der Waals surface area contributed by atoms with Crippen molar-refractivity contribution >= 4 is 57.4 Å². The molecular weight excluding hydrogens is 467 g/mol. The van der Waals surface area contributed by atoms with Gasteiger partial charge >= 0.3 is 6.09 Å². The Hall–Kier alpha value is -2.14. The predicted molar refractivity (Wildman–Crippen MR) is 131 cm³/mol. The van der Waals surface area contributed by atoms with Gasteiger partial charge in [-0.3, -0.25) is 0 Å². The van der Waals surface area contributed by atoms with E-state index < -0.39 is 9.89 Å². The Labute approximate surface area is 201 Å². The van der Waals surface area contributed by atoms with Crippen molar-refractivity contribution < 1.29 is 9.90 Å². The smallest absolute Gasteiger partial charge is 0.407 e. The summed E-state index contributed by atoms with van der Waals surface area (Å²) in [5, 5.41) is 11.0. The lowest BCUT2D eigenvalue weighted by Crippen LogP contribution is -2.45. The number of likely N-dealkylation sites (tertiary alicyclic amines) is 1. The highest BCUT2D eigenvalue weighted by atomic mass is 35.6. The molecule has 2 heterocycles. The highest BCUT2D eigenvalue weighted by Gasteiger charge is 2.37. The molecule has 1 saturated heterocycles. The van der Waals surface area contributed by atoms with Crippen molar-refractivity contribution in [3.63, 3.8) is 0 Å². The van der Waals surface area contributed by atoms with E-state index in [0.29, 0.717) is 19.4 Å². The maximum absolute atomic E-state index is 11.9. The molecule has 2 N–H and O–H groups in total. The Bertz CT molecular complexity index is 1230. The maximum atomic E-state index is 11.9. The number of nitrogens with one attached hydrogen (secondary N) is 1. The molecule has 0 spiro atoms. The van der Waals surface area contributed by atoms with E-state index >= 15 is 0 Å². The molecule has 4 nitrogen and oxygen atoms in total. The van der Waals surface area contributed by atoms with Gasteiger partial charge in [0, 0.05) is 35.5 Å². The molecule has 32 heavy (non-hydrogen) atoms. The molecule has 1 atom stereocenters. The van der Waals surface area contributed by atoms with E-state index in [-0.39, 0.29) is 12.5 Å². The normalized spacial score (nSPS) is 21.2. The van der Waals surface area contributed by atoms with Crippen LogP contribution in [0.2, 0.25) is 0 Å². The Morgan fingerprint density at radius 3 is 2.59 bits per heavy atom. The van der Waals surface area contributed by atoms with Crippen LogP contribution in [0.25, 0.3) is 16.5 Å². The van der Waals surface area contributed by atoms with Gasteiger partial charge in [-0.15, -0.1) is 0 Å². The molecule has 2 aliphatic rings. The molecule has 166 valence electrons. The Morgan fingerprint density at radius 1 is 1.06 bits per heavy atom. The summed E-state index contributed by atoms with van der Waals surface area (Å²) in [6, 6.07) is 16.5. The molecule has 1 amide bonds. The van der Waals surface area contributed by atoms with Crippen LogP contribution >= 0.6 is 34.8 Å². The minimum atomic E-state index is -1.51. The number of H-pyrrole nitrogens is 1. The molecule has 0 radical (unpaired) electrons. The van der Waals surface area contributed by atoms with Crippen LogP contribution in [0.15, 0.2) is 54.1 Å². The third-order valence-corrected chi connectivity index (χ3v) is 7.10. The fourth-order valence-corrected chi connectivity index (χ4v) is 5.81. The summed E-state index contributed by atoms with van der Waals surface area (Å²) in [4.78, 5) is 17.0. The molecular formula is C25H23Cl3N2O2. The number of piperidine rings is 1. The number of fused-ring (bicyclic) bond motifs is 4. The van der Waals surface area contributed by atoms with Crippen LogP contribution in [0, 0.1) is 0 Å². The van der Waals surface area contributed by atoms with Crippen LogP contribution in [-0.2, 0) is 12.8 Å². The van der Waals surface area contributed by atoms with Gasteiger partial charge in [0.05, 0.1) is 5.69 Å². The minimum absolute atomic E-state index is 0.155. The Kier molecular flexibility index (Phi) is 5.65. The first-order valence-electron chi connectivity index (χ1n) is 10.8. The summed E-state index contributed by atoms with van der Waals surface area (Å²) in [6.07, 6.45) is 2.29. The lowest BCUT2D eigenvalue weighted by Gasteiger charge is -2.37. The first kappa shape index (κ1) is 21.7. The van der Waals surface area contributed by atoms with Crippen LogP contribution in [0.3, 0.4) is 0 Å². The zero-order valence-electron chi connectivity index (χ0n) is 17.4. The monoisotopic (exact) mass is 488 g/mol. The van der Waals surface area contributed by atoms with Gasteiger partial charge in [-0.1, -0.05) is 82.8 Å². The number of aryl methyl sites for hydroxylation is 2. The van der Waals surface area contributed by atoms with Crippen molar-refractivity contribution in [1.29, 1.82) is 0 Å². The van der Waals surface area contributed by atoms with Crippen LogP contribution in [0.1, 0.15) is 41.6 Å². The first-order chi connectivity index (χ1) is 15.3. The van der Waals surface area contributed by atoms with E-state index in [2.05, 4.69) is 47.4 Å². The average molecular weight is 490 g/mol. The van der Waals surface area contributed by atoms with E-state index in [9.17, 15) is 9.90 Å². The largest absolute Gasteiger partial charge is 0.465 e. The molecule has 2 aromatic carbocycles. The van der Waals surface area contributed by atoms with E-state index in [0.717, 1.165) is 24.1 Å². The molecule has 1 aliphatic carbocycles. The van der Waals surface area contributed by atoms with Crippen LogP contribution in [-0.4, -0.2) is 37.5 Å². The molecule has 7 heteroatoms. The second-order valence-corrected chi connectivity index (χ2v) is 11.1. The van der Waals surface area contributed by atoms with Crippen molar-refractivity contribution in [1.82, 2.24) is 9.88 Å². The van der Waals surface area contributed by atoms with Gasteiger partial charge < -0.3 is 15.0 Å². The molecule has 3 aromatic rings. The van der Waals surface area contributed by atoms with Crippen LogP contribution < -0.4 is 0 Å². The van der Waals surface area contributed by atoms with E-state index in [4.69, 9.17) is 34.8 Å². The third kappa shape index (κ3) is 4.00. The highest BCUT2D eigenvalue weighted by molar-refractivity contribution is 6.67. The number of carbonyl (C=O) groups is 1. The van der Waals surface area contributed by atoms with Crippen molar-refractivity contribution in [3.8, 4) is 0 Å². The fourth-order valence-electron chi connectivity index (χ4n) is 5.28. The molecule has 0 bridgehead atoms. The number of rotatable bonds is 1. The average Bonchev–Trinajstić information content (AvgIpc) is 3.01. The molecule has 1 aromatic heterocycles. The maximum Gasteiger partial charge on any atom is 0.407 e. The second-order valence-electron chi connectivity index (χ2n) is 8.56. The molecule has 1 unspecified atom stereocenters. The number of halogens is 3. The summed E-state index contributed by atoms with van der Waals surface area (Å²) in [5.41, 5.74) is 8.50. The van der Waals surface area contributed by atoms with Gasteiger partial charge in [0.2, 0.25) is 0 Å². The number of alkyl halides is 3. The highest BCUT2D eigenvalue weighted by Crippen LogP contribution is 2.43. The number of amides is 1. The number of aromatic nitrogens is 1. The number of aromatic amines is 1. The van der Waals surface area contributed by atoms with Crippen LogP contribution in [0.4, 0.5) is 4.79 Å². The number of hydrogen-bond acceptors (Lipinski definition) is 1. The SMILES string of the molecule is O=C(O)N1CCC(=C2c3ccccc3CCc3c2[nH]c2ccccc32)CC1CC(Cl)(Cl)Cl. The molecule has 1 aliphatic heterocycles. The zero-order chi connectivity index (χ0) is 22.5. The molecule has 5 rings (SSSR count). The Morgan fingerprint density at radius 2 is 1.81 bits per heavy atom. The lowest BCUT2D eigenvalue weighted by molar-refractivity contribution is 0.114. The van der Waals surface area contributed by atoms with E-state index in [1.807, 2.05) is 6.07 Å². The fraction of sp³-hybridized carbons (Fsp3) is 0.320. The van der Waals surface area contributed by atoms with E-state index in [1.54, 1.807) is 0 Å². The number of nitrogens with zero attached hydrogens (tertiary/aromatic N) is 1. The van der Waals surface area contributed by atoms with E-state index in [1.165, 1.54) is 38.1 Å². The summed E-state index contributed by atoms with van der Waals surface area (Å²) in [7, 11) is 0. The number of benzene rings is 2. The van der Waals surface area contributed by atoms with Gasteiger partial charge in [0.15, 0.2) is 3.79 Å². The van der Waals surface area contributed by atoms with Crippen molar-refractivity contribution in [3.05, 3.63) is 76.5 Å². The Balaban J connectivity index is 1.70. The zero-order valence-corrected chi connectivity index (χ0v) is 19.6. The van der Waals surface area contributed by atoms with Crippen molar-refractivity contribution in [2.75, 3.05) is 6.54 Å². The summed E-state index contributed by atoms with van der Waals surface area (Å²) < 4.78 is -1.51. The first-order valence-corrected chi connectivity index (χ1v) is 11.9. The summed E-state index contributed by atoms with van der Waals surface area (Å²) in [5.74, 6) is 0. The number of hydrogen-bond donors (Lipinski definition) is 2. The summed E-state index contributed by atoms with van der Waals surface area (Å²) >= 11 is 18.3. The number of para-hydroxylation sites is 1. The van der Waals surface area contributed by atoms with Crippen molar-refractivity contribution in [2.24, 2.45) is 0 Å². The number of carboxylic acid groups (broad SMARTS) is 1. The minimum Gasteiger partial charge on any atom is -0.465 e. The lowest BCUT2D eigenvalue weighted by atomic mass is 9.85. The molecule has 0 saturated carbocycles. The predicted octanol–water partition coefficient (Wildman–Crippen LogP) is 6.97.